The zero-order chi connectivity index (χ0) is 16.1. The zero-order valence-corrected chi connectivity index (χ0v) is 14.6. The van der Waals surface area contributed by atoms with Crippen molar-refractivity contribution in [1.29, 1.82) is 0 Å². The lowest BCUT2D eigenvalue weighted by atomic mass is 10.1. The molecule has 0 saturated heterocycles. The van der Waals surface area contributed by atoms with Crippen molar-refractivity contribution in [2.45, 2.75) is 13.1 Å². The molecule has 2 aromatic heterocycles. The van der Waals surface area contributed by atoms with Crippen molar-refractivity contribution in [2.24, 2.45) is 0 Å². The zero-order valence-electron chi connectivity index (χ0n) is 14.6. The van der Waals surface area contributed by atoms with Gasteiger partial charge in [0.2, 0.25) is 0 Å². The van der Waals surface area contributed by atoms with E-state index in [1.165, 1.54) is 32.9 Å². The predicted molar refractivity (Wildman–Crippen MR) is 93.6 cm³/mol. The van der Waals surface area contributed by atoms with Gasteiger partial charge in [0.1, 0.15) is 13.1 Å². The van der Waals surface area contributed by atoms with E-state index < -0.39 is 0 Å². The van der Waals surface area contributed by atoms with Crippen LogP contribution in [0, 0.1) is 0 Å². The molecule has 22 heavy (non-hydrogen) atoms. The number of fused-ring (bicyclic) bond motifs is 2. The molecule has 3 rings (SSSR count). The van der Waals surface area contributed by atoms with E-state index in [-0.39, 0.29) is 0 Å². The Morgan fingerprint density at radius 2 is 1.09 bits per heavy atom. The van der Waals surface area contributed by atoms with Crippen LogP contribution in [-0.4, -0.2) is 61.2 Å². The van der Waals surface area contributed by atoms with Gasteiger partial charge in [-0.2, -0.15) is 0 Å². The Morgan fingerprint density at radius 1 is 0.682 bits per heavy atom. The Balaban J connectivity index is 2.12. The summed E-state index contributed by atoms with van der Waals surface area (Å²) in [6, 6.07) is 4.59. The fourth-order valence-corrected chi connectivity index (χ4v) is 3.14. The molecule has 3 aromatic rings. The molecule has 0 amide bonds. The molecule has 0 fully saturated rings. The monoisotopic (exact) mass is 300 g/mol. The maximum Gasteiger partial charge on any atom is 0.106 e. The maximum absolute atomic E-state index is 3.43. The molecule has 0 bridgehead atoms. The lowest BCUT2D eigenvalue weighted by molar-refractivity contribution is -0.883. The standard InChI is InChI=1S/C18H28N4/c1-21(2,3)11-13-9-19-17-8-18-16(7-15(13)17)14(10-20-18)12-22(4,5)6/h7-10,19-20H,11-12H2,1-6H3/q+2. The molecule has 0 aliphatic rings. The van der Waals surface area contributed by atoms with Crippen molar-refractivity contribution in [3.05, 3.63) is 35.7 Å². The average molecular weight is 300 g/mol. The van der Waals surface area contributed by atoms with E-state index in [9.17, 15) is 0 Å². The molecule has 0 radical (unpaired) electrons. The second-order valence-electron chi connectivity index (χ2n) is 8.47. The smallest absolute Gasteiger partial charge is 0.106 e. The largest absolute Gasteiger partial charge is 0.361 e. The summed E-state index contributed by atoms with van der Waals surface area (Å²) in [6.07, 6.45) is 4.32. The van der Waals surface area contributed by atoms with E-state index in [2.05, 4.69) is 76.8 Å². The number of nitrogens with one attached hydrogen (secondary N) is 2. The van der Waals surface area contributed by atoms with Crippen LogP contribution in [0.1, 0.15) is 11.1 Å². The van der Waals surface area contributed by atoms with Crippen molar-refractivity contribution >= 4 is 21.8 Å². The van der Waals surface area contributed by atoms with Gasteiger partial charge < -0.3 is 18.9 Å². The first-order valence-electron chi connectivity index (χ1n) is 7.83. The van der Waals surface area contributed by atoms with E-state index >= 15 is 0 Å². The van der Waals surface area contributed by atoms with E-state index in [0.717, 1.165) is 22.1 Å². The number of hydrogen-bond acceptors (Lipinski definition) is 0. The number of hydrogen-bond donors (Lipinski definition) is 2. The van der Waals surface area contributed by atoms with Gasteiger partial charge in [-0.05, 0) is 12.1 Å². The van der Waals surface area contributed by atoms with Gasteiger partial charge in [0.25, 0.3) is 0 Å². The fourth-order valence-electron chi connectivity index (χ4n) is 3.14. The number of aromatic amines is 2. The van der Waals surface area contributed by atoms with Gasteiger partial charge in [0, 0.05) is 45.3 Å². The molecule has 2 N–H and O–H groups in total. The normalized spacial score (nSPS) is 13.4. The van der Waals surface area contributed by atoms with Crippen LogP contribution in [0.5, 0.6) is 0 Å². The third-order valence-corrected chi connectivity index (χ3v) is 3.94. The summed E-state index contributed by atoms with van der Waals surface area (Å²) < 4.78 is 1.87. The highest BCUT2D eigenvalue weighted by molar-refractivity contribution is 5.98. The Labute approximate surface area is 132 Å². The summed E-state index contributed by atoms with van der Waals surface area (Å²) in [5, 5.41) is 2.70. The second-order valence-corrected chi connectivity index (χ2v) is 8.47. The SMILES string of the molecule is C[N+](C)(C)Cc1c[nH]c2cc3[nH]cc(C[N+](C)(C)C)c3cc12. The molecule has 0 unspecified atom stereocenters. The number of H-pyrrole nitrogens is 2. The molecule has 0 saturated carbocycles. The predicted octanol–water partition coefficient (Wildman–Crippen LogP) is 3.06. The molecule has 2 heterocycles. The summed E-state index contributed by atoms with van der Waals surface area (Å²) in [7, 11) is 13.4. The first-order valence-corrected chi connectivity index (χ1v) is 7.83. The summed E-state index contributed by atoms with van der Waals surface area (Å²) in [5.41, 5.74) is 5.22. The van der Waals surface area contributed by atoms with Gasteiger partial charge >= 0.3 is 0 Å². The average Bonchev–Trinajstić information content (AvgIpc) is 2.89. The highest BCUT2D eigenvalue weighted by atomic mass is 15.3. The van der Waals surface area contributed by atoms with E-state index in [1.54, 1.807) is 0 Å². The number of rotatable bonds is 4. The summed E-state index contributed by atoms with van der Waals surface area (Å²) >= 11 is 0. The topological polar surface area (TPSA) is 31.6 Å². The molecular weight excluding hydrogens is 272 g/mol. The third-order valence-electron chi connectivity index (χ3n) is 3.94. The van der Waals surface area contributed by atoms with Crippen molar-refractivity contribution in [1.82, 2.24) is 9.97 Å². The Hall–Kier alpha value is -1.78. The van der Waals surface area contributed by atoms with Gasteiger partial charge in [-0.1, -0.05) is 0 Å². The van der Waals surface area contributed by atoms with Crippen LogP contribution in [-0.2, 0) is 13.1 Å². The first-order chi connectivity index (χ1) is 10.1. The van der Waals surface area contributed by atoms with Gasteiger partial charge in [-0.3, -0.25) is 0 Å². The third kappa shape index (κ3) is 3.03. The highest BCUT2D eigenvalue weighted by Crippen LogP contribution is 2.29. The summed E-state index contributed by atoms with van der Waals surface area (Å²) in [5.74, 6) is 0. The van der Waals surface area contributed by atoms with Crippen LogP contribution in [0.4, 0.5) is 0 Å². The molecule has 0 atom stereocenters. The van der Waals surface area contributed by atoms with Crippen LogP contribution < -0.4 is 0 Å². The lowest BCUT2D eigenvalue weighted by Gasteiger charge is -2.24. The van der Waals surface area contributed by atoms with Gasteiger partial charge in [-0.25, -0.2) is 0 Å². The Bertz CT molecular complexity index is 743. The molecule has 0 aliphatic carbocycles. The molecule has 1 aromatic carbocycles. The quantitative estimate of drug-likeness (QED) is 0.694. The first kappa shape index (κ1) is 15.1. The minimum Gasteiger partial charge on any atom is -0.361 e. The van der Waals surface area contributed by atoms with Crippen molar-refractivity contribution in [3.63, 3.8) is 0 Å². The number of quaternary nitrogens is 2. The van der Waals surface area contributed by atoms with Crippen molar-refractivity contribution in [3.8, 4) is 0 Å². The van der Waals surface area contributed by atoms with Crippen LogP contribution in [0.3, 0.4) is 0 Å². The fraction of sp³-hybridized carbons (Fsp3) is 0.444. The minimum atomic E-state index is 0.934. The summed E-state index contributed by atoms with van der Waals surface area (Å²) in [4.78, 5) is 6.85. The molecular formula is C18H28N4+2. The molecule has 0 aliphatic heterocycles. The van der Waals surface area contributed by atoms with Crippen LogP contribution in [0.25, 0.3) is 21.8 Å². The van der Waals surface area contributed by atoms with Crippen molar-refractivity contribution < 1.29 is 8.97 Å². The lowest BCUT2D eigenvalue weighted by Crippen LogP contribution is -2.33. The number of aromatic nitrogens is 2. The van der Waals surface area contributed by atoms with Crippen LogP contribution in [0.2, 0.25) is 0 Å². The van der Waals surface area contributed by atoms with Gasteiger partial charge in [-0.15, -0.1) is 0 Å². The second kappa shape index (κ2) is 4.86. The van der Waals surface area contributed by atoms with Crippen LogP contribution in [0.15, 0.2) is 24.5 Å². The van der Waals surface area contributed by atoms with Crippen molar-refractivity contribution in [2.75, 3.05) is 42.3 Å². The Morgan fingerprint density at radius 3 is 1.45 bits per heavy atom. The van der Waals surface area contributed by atoms with E-state index in [0.29, 0.717) is 0 Å². The minimum absolute atomic E-state index is 0.934. The Kier molecular flexibility index (Phi) is 3.34. The maximum atomic E-state index is 3.43. The molecule has 118 valence electrons. The highest BCUT2D eigenvalue weighted by Gasteiger charge is 2.17. The molecule has 0 spiro atoms. The van der Waals surface area contributed by atoms with Crippen LogP contribution >= 0.6 is 0 Å². The van der Waals surface area contributed by atoms with Gasteiger partial charge in [0.05, 0.1) is 42.3 Å². The van der Waals surface area contributed by atoms with E-state index in [4.69, 9.17) is 0 Å². The van der Waals surface area contributed by atoms with Gasteiger partial charge in [0.15, 0.2) is 0 Å². The summed E-state index contributed by atoms with van der Waals surface area (Å²) in [6.45, 7) is 2.06. The number of benzene rings is 1. The molecule has 4 nitrogen and oxygen atoms in total. The van der Waals surface area contributed by atoms with E-state index in [1.807, 2.05) is 0 Å². The number of nitrogens with zero attached hydrogens (tertiary/aromatic N) is 2. The molecule has 4 heteroatoms.